The van der Waals surface area contributed by atoms with Gasteiger partial charge in [0.15, 0.2) is 23.0 Å². The lowest BCUT2D eigenvalue weighted by atomic mass is 9.98. The maximum absolute atomic E-state index is 13.6. The molecule has 1 aliphatic heterocycles. The fraction of sp³-hybridized carbons (Fsp3) is 0.346. The van der Waals surface area contributed by atoms with Gasteiger partial charge in [0.25, 0.3) is 0 Å². The Labute approximate surface area is 198 Å². The van der Waals surface area contributed by atoms with Gasteiger partial charge in [-0.3, -0.25) is 9.69 Å². The third kappa shape index (κ3) is 4.60. The molecule has 0 amide bonds. The SMILES string of the molecule is COc1ccc(-c2c(C(=O)c3ccc(C)cc3)c(O)c(O)n2CCN2CCOCC2)cc1OC. The minimum absolute atomic E-state index is 0.0514. The number of hydrogen-bond acceptors (Lipinski definition) is 7. The van der Waals surface area contributed by atoms with E-state index in [0.29, 0.717) is 54.6 Å². The summed E-state index contributed by atoms with van der Waals surface area (Å²) in [4.78, 5) is 15.8. The zero-order valence-electron chi connectivity index (χ0n) is 19.7. The molecule has 180 valence electrons. The van der Waals surface area contributed by atoms with E-state index in [1.807, 2.05) is 19.1 Å². The van der Waals surface area contributed by atoms with Crippen molar-refractivity contribution < 1.29 is 29.2 Å². The molecule has 34 heavy (non-hydrogen) atoms. The van der Waals surface area contributed by atoms with E-state index >= 15 is 0 Å². The Morgan fingerprint density at radius 3 is 2.29 bits per heavy atom. The Kier molecular flexibility index (Phi) is 7.09. The first-order valence-corrected chi connectivity index (χ1v) is 11.2. The van der Waals surface area contributed by atoms with E-state index in [9.17, 15) is 15.0 Å². The number of carbonyl (C=O) groups is 1. The lowest BCUT2D eigenvalue weighted by Crippen LogP contribution is -2.38. The number of rotatable bonds is 8. The average Bonchev–Trinajstić information content (AvgIpc) is 3.12. The minimum Gasteiger partial charge on any atom is -0.503 e. The number of ether oxygens (including phenoxy) is 3. The highest BCUT2D eigenvalue weighted by Crippen LogP contribution is 2.44. The van der Waals surface area contributed by atoms with Crippen LogP contribution < -0.4 is 9.47 Å². The Morgan fingerprint density at radius 2 is 1.65 bits per heavy atom. The summed E-state index contributed by atoms with van der Waals surface area (Å²) in [6.07, 6.45) is 0. The highest BCUT2D eigenvalue weighted by Gasteiger charge is 2.30. The maximum Gasteiger partial charge on any atom is 0.235 e. The van der Waals surface area contributed by atoms with Gasteiger partial charge in [-0.25, -0.2) is 0 Å². The number of methoxy groups -OCH3 is 2. The molecular weight excluding hydrogens is 436 g/mol. The third-order valence-electron chi connectivity index (χ3n) is 6.15. The van der Waals surface area contributed by atoms with Crippen LogP contribution in [-0.4, -0.2) is 72.5 Å². The Hall–Kier alpha value is -3.49. The van der Waals surface area contributed by atoms with Gasteiger partial charge in [-0.2, -0.15) is 0 Å². The average molecular weight is 467 g/mol. The molecule has 3 aromatic rings. The summed E-state index contributed by atoms with van der Waals surface area (Å²) in [6.45, 7) is 5.83. The van der Waals surface area contributed by atoms with Gasteiger partial charge in [-0.1, -0.05) is 29.8 Å². The van der Waals surface area contributed by atoms with Crippen LogP contribution in [-0.2, 0) is 11.3 Å². The molecule has 1 fully saturated rings. The zero-order chi connectivity index (χ0) is 24.2. The molecular formula is C26H30N2O6. The Morgan fingerprint density at radius 1 is 0.971 bits per heavy atom. The van der Waals surface area contributed by atoms with E-state index in [1.165, 1.54) is 7.11 Å². The molecule has 2 heterocycles. The van der Waals surface area contributed by atoms with Crippen LogP contribution in [0.4, 0.5) is 0 Å². The molecule has 0 spiro atoms. The summed E-state index contributed by atoms with van der Waals surface area (Å²) < 4.78 is 17.8. The summed E-state index contributed by atoms with van der Waals surface area (Å²) in [5.74, 6) is -0.125. The second-order valence-electron chi connectivity index (χ2n) is 8.27. The highest BCUT2D eigenvalue weighted by molar-refractivity contribution is 6.15. The maximum atomic E-state index is 13.6. The van der Waals surface area contributed by atoms with Gasteiger partial charge in [0.2, 0.25) is 5.88 Å². The topological polar surface area (TPSA) is 93.4 Å². The van der Waals surface area contributed by atoms with Crippen LogP contribution in [0, 0.1) is 6.92 Å². The molecule has 0 radical (unpaired) electrons. The second kappa shape index (κ2) is 10.2. The number of benzene rings is 2. The van der Waals surface area contributed by atoms with Crippen molar-refractivity contribution in [2.75, 3.05) is 47.1 Å². The van der Waals surface area contributed by atoms with Gasteiger partial charge >= 0.3 is 0 Å². The molecule has 1 aromatic heterocycles. The van der Waals surface area contributed by atoms with Gasteiger partial charge in [0, 0.05) is 37.3 Å². The van der Waals surface area contributed by atoms with Crippen LogP contribution in [0.25, 0.3) is 11.3 Å². The van der Waals surface area contributed by atoms with E-state index in [-0.39, 0.29) is 17.2 Å². The largest absolute Gasteiger partial charge is 0.503 e. The van der Waals surface area contributed by atoms with E-state index in [1.54, 1.807) is 42.0 Å². The van der Waals surface area contributed by atoms with E-state index in [0.717, 1.165) is 18.7 Å². The highest BCUT2D eigenvalue weighted by atomic mass is 16.5. The third-order valence-corrected chi connectivity index (χ3v) is 6.15. The minimum atomic E-state index is -0.433. The smallest absolute Gasteiger partial charge is 0.235 e. The monoisotopic (exact) mass is 466 g/mol. The molecule has 0 bridgehead atoms. The van der Waals surface area contributed by atoms with Crippen LogP contribution >= 0.6 is 0 Å². The van der Waals surface area contributed by atoms with Gasteiger partial charge in [-0.05, 0) is 25.1 Å². The molecule has 1 saturated heterocycles. The van der Waals surface area contributed by atoms with Crippen molar-refractivity contribution in [2.45, 2.75) is 13.5 Å². The van der Waals surface area contributed by atoms with Crippen molar-refractivity contribution >= 4 is 5.78 Å². The molecule has 0 saturated carbocycles. The van der Waals surface area contributed by atoms with Crippen LogP contribution in [0.1, 0.15) is 21.5 Å². The molecule has 8 heteroatoms. The predicted molar refractivity (Wildman–Crippen MR) is 128 cm³/mol. The molecule has 8 nitrogen and oxygen atoms in total. The molecule has 1 aliphatic rings. The standard InChI is InChI=1S/C26H30N2O6/c1-17-4-6-18(7-5-17)24(29)22-23(19-8-9-20(32-2)21(16-19)33-3)28(26(31)25(22)30)11-10-27-12-14-34-15-13-27/h4-9,16,30-31H,10-15H2,1-3H3. The summed E-state index contributed by atoms with van der Waals surface area (Å²) >= 11 is 0. The first-order valence-electron chi connectivity index (χ1n) is 11.2. The number of nitrogens with zero attached hydrogens (tertiary/aromatic N) is 2. The van der Waals surface area contributed by atoms with Crippen molar-refractivity contribution in [3.63, 3.8) is 0 Å². The van der Waals surface area contributed by atoms with Crippen LogP contribution in [0.5, 0.6) is 23.1 Å². The number of aryl methyl sites for hydroxylation is 1. The molecule has 2 N–H and O–H groups in total. The lowest BCUT2D eigenvalue weighted by molar-refractivity contribution is 0.0362. The summed E-state index contributed by atoms with van der Waals surface area (Å²) in [6, 6.07) is 12.4. The first kappa shape index (κ1) is 23.7. The summed E-state index contributed by atoms with van der Waals surface area (Å²) in [5, 5.41) is 21.8. The second-order valence-corrected chi connectivity index (χ2v) is 8.27. The molecule has 2 aromatic carbocycles. The quantitative estimate of drug-likeness (QED) is 0.491. The number of aromatic nitrogens is 1. The van der Waals surface area contributed by atoms with Crippen LogP contribution in [0.15, 0.2) is 42.5 Å². The first-order chi connectivity index (χ1) is 16.4. The van der Waals surface area contributed by atoms with E-state index < -0.39 is 5.75 Å². The van der Waals surface area contributed by atoms with Crippen LogP contribution in [0.3, 0.4) is 0 Å². The Bertz CT molecular complexity index is 1160. The number of hydrogen-bond donors (Lipinski definition) is 2. The molecule has 0 unspecified atom stereocenters. The van der Waals surface area contributed by atoms with E-state index in [4.69, 9.17) is 14.2 Å². The lowest BCUT2D eigenvalue weighted by Gasteiger charge is -2.27. The number of aromatic hydroxyl groups is 2. The van der Waals surface area contributed by atoms with Crippen molar-refractivity contribution in [3.8, 4) is 34.4 Å². The van der Waals surface area contributed by atoms with Crippen molar-refractivity contribution in [1.29, 1.82) is 0 Å². The summed E-state index contributed by atoms with van der Waals surface area (Å²) in [5.41, 5.74) is 2.54. The molecule has 0 aliphatic carbocycles. The fourth-order valence-electron chi connectivity index (χ4n) is 4.22. The predicted octanol–water partition coefficient (Wildman–Crippen LogP) is 3.46. The van der Waals surface area contributed by atoms with Crippen molar-refractivity contribution in [1.82, 2.24) is 9.47 Å². The van der Waals surface area contributed by atoms with Crippen molar-refractivity contribution in [3.05, 3.63) is 59.2 Å². The van der Waals surface area contributed by atoms with Crippen molar-refractivity contribution in [2.24, 2.45) is 0 Å². The van der Waals surface area contributed by atoms with Gasteiger partial charge < -0.3 is 29.0 Å². The number of ketones is 1. The zero-order valence-corrected chi connectivity index (χ0v) is 19.7. The Balaban J connectivity index is 1.83. The van der Waals surface area contributed by atoms with Gasteiger partial charge in [-0.15, -0.1) is 0 Å². The normalized spacial score (nSPS) is 14.2. The van der Waals surface area contributed by atoms with Gasteiger partial charge in [0.05, 0.1) is 38.7 Å². The van der Waals surface area contributed by atoms with Gasteiger partial charge in [0.1, 0.15) is 0 Å². The number of morpholine rings is 1. The molecule has 0 atom stereocenters. The van der Waals surface area contributed by atoms with E-state index in [2.05, 4.69) is 4.90 Å². The summed E-state index contributed by atoms with van der Waals surface area (Å²) in [7, 11) is 3.08. The fourth-order valence-corrected chi connectivity index (χ4v) is 4.22. The number of carbonyl (C=O) groups excluding carboxylic acids is 1. The molecule has 4 rings (SSSR count). The van der Waals surface area contributed by atoms with Crippen LogP contribution in [0.2, 0.25) is 0 Å².